The fraction of sp³-hybridized carbons (Fsp3) is 0.667. The van der Waals surface area contributed by atoms with E-state index >= 15 is 0 Å². The molecule has 0 radical (unpaired) electrons. The van der Waals surface area contributed by atoms with Crippen molar-refractivity contribution in [3.05, 3.63) is 38.0 Å². The Kier molecular flexibility index (Phi) is 17.0. The molecule has 0 amide bonds. The maximum Gasteiger partial charge on any atom is 0.480 e. The van der Waals surface area contributed by atoms with Gasteiger partial charge in [0.15, 0.2) is 0 Å². The summed E-state index contributed by atoms with van der Waals surface area (Å²) in [4.78, 5) is 82.6. The molecule has 0 aromatic carbocycles. The van der Waals surface area contributed by atoms with Crippen molar-refractivity contribution in [3.63, 3.8) is 0 Å². The summed E-state index contributed by atoms with van der Waals surface area (Å²) in [7, 11) is -54.5. The van der Waals surface area contributed by atoms with Crippen molar-refractivity contribution in [2.75, 3.05) is 19.8 Å². The molecule has 38 heteroatoms. The third-order valence-electron chi connectivity index (χ3n) is 8.81. The number of rotatable bonds is 15. The van der Waals surface area contributed by atoms with Crippen LogP contribution in [0.5, 0.6) is 0 Å². The largest absolute Gasteiger partial charge is 0.480 e. The molecule has 5 fully saturated rings. The van der Waals surface area contributed by atoms with Gasteiger partial charge in [-0.05, 0) is 19.3 Å². The second kappa shape index (κ2) is 19.9. The third kappa shape index (κ3) is 15.2. The Balaban J connectivity index is 1.75. The molecule has 5 aliphatic rings. The van der Waals surface area contributed by atoms with Crippen LogP contribution in [0.2, 0.25) is 77.1 Å². The summed E-state index contributed by atoms with van der Waals surface area (Å²) in [5.74, 6) is -2.18. The fourth-order valence-electron chi connectivity index (χ4n) is 7.56. The smallest absolute Gasteiger partial charge is 0.463 e. The highest BCUT2D eigenvalue weighted by atomic mass is 28.6. The molecule has 0 aliphatic carbocycles. The molecule has 65 heavy (non-hydrogen) atoms. The zero-order valence-corrected chi connectivity index (χ0v) is 49.5. The van der Waals surface area contributed by atoms with Gasteiger partial charge in [0.1, 0.15) is 0 Å². The molecule has 4 N–H and O–H groups in total. The average molecular weight is 1140 g/mol. The number of fused-ring (bicyclic) bond motifs is 8. The van der Waals surface area contributed by atoms with E-state index < -0.39 is 124 Å². The SMILES string of the molecule is C=CC(=O)OCCC[Si@]12O[Si@](C)(O)O[Si](C)(O)O[Si@](C)(O1)O[Si@@]1(CCCOC(=O)C=C)O[Si@@]3(C)O[Si@@]4(C)O[Si@@](C)(O)O[Si@](C)(O)O[Si@](C)(O4)O[Si@](CCCOC(=O)C=C)(O3)O[Si@@](C)(O2)O1. The normalized spacial score (nSPS) is 45.4. The van der Waals surface area contributed by atoms with Crippen molar-refractivity contribution >= 4 is 124 Å². The first-order valence-electron chi connectivity index (χ1n) is 20.2. The zero-order chi connectivity index (χ0) is 48.7. The zero-order valence-electron chi connectivity index (χ0n) is 37.5. The molecule has 0 aromatic heterocycles. The van der Waals surface area contributed by atoms with Gasteiger partial charge >= 0.3 is 124 Å². The molecule has 12 atom stereocenters. The molecule has 5 saturated heterocycles. The second-order valence-electron chi connectivity index (χ2n) is 16.0. The Morgan fingerprint density at radius 1 is 0.369 bits per heavy atom. The molecular formula is C27H58O26Si12. The fourth-order valence-corrected chi connectivity index (χ4v) is 67.8. The molecule has 0 spiro atoms. The molecule has 370 valence electrons. The quantitative estimate of drug-likeness (QED) is 0.0573. The van der Waals surface area contributed by atoms with E-state index in [-0.39, 0.29) is 57.2 Å². The van der Waals surface area contributed by atoms with Gasteiger partial charge in [-0.1, -0.05) is 19.7 Å². The monoisotopic (exact) mass is 1130 g/mol. The van der Waals surface area contributed by atoms with Crippen LogP contribution in [0.1, 0.15) is 19.3 Å². The summed E-state index contributed by atoms with van der Waals surface area (Å²) in [6.45, 7) is 21.6. The van der Waals surface area contributed by atoms with Crippen molar-refractivity contribution in [2.24, 2.45) is 0 Å². The first-order valence-corrected chi connectivity index (χ1v) is 46.1. The number of hydrogen-bond acceptors (Lipinski definition) is 26. The highest BCUT2D eigenvalue weighted by molar-refractivity contribution is 7.00. The molecule has 1 unspecified atom stereocenters. The van der Waals surface area contributed by atoms with Crippen molar-refractivity contribution in [1.82, 2.24) is 0 Å². The van der Waals surface area contributed by atoms with E-state index in [2.05, 4.69) is 19.7 Å². The second-order valence-corrected chi connectivity index (χ2v) is 50.5. The molecular weight excluding hydrogens is 1080 g/mol. The van der Waals surface area contributed by atoms with Gasteiger partial charge in [-0.2, -0.15) is 0 Å². The lowest BCUT2D eigenvalue weighted by molar-refractivity contribution is -0.138. The van der Waals surface area contributed by atoms with Gasteiger partial charge in [0.2, 0.25) is 0 Å². The van der Waals surface area contributed by atoms with Crippen molar-refractivity contribution in [3.8, 4) is 0 Å². The third-order valence-corrected chi connectivity index (χ3v) is 57.3. The summed E-state index contributed by atoms with van der Waals surface area (Å²) < 4.78 is 122. The van der Waals surface area contributed by atoms with Gasteiger partial charge in [-0.25, -0.2) is 14.4 Å². The molecule has 5 rings (SSSR count). The van der Waals surface area contributed by atoms with Crippen LogP contribution in [0, 0.1) is 0 Å². The predicted molar refractivity (Wildman–Crippen MR) is 240 cm³/mol. The molecule has 26 nitrogen and oxygen atoms in total. The van der Waals surface area contributed by atoms with Gasteiger partial charge in [0.25, 0.3) is 0 Å². The van der Waals surface area contributed by atoms with E-state index in [1.54, 1.807) is 0 Å². The van der Waals surface area contributed by atoms with E-state index in [9.17, 15) is 33.6 Å². The maximum absolute atomic E-state index is 12.2. The first kappa shape index (κ1) is 55.4. The predicted octanol–water partition coefficient (Wildman–Crippen LogP) is 0.582. The minimum atomic E-state index is -4.73. The van der Waals surface area contributed by atoms with Crippen LogP contribution in [-0.2, 0) is 94.4 Å². The van der Waals surface area contributed by atoms with Gasteiger partial charge < -0.3 is 99.2 Å². The summed E-state index contributed by atoms with van der Waals surface area (Å²) in [6, 6.07) is -0.689. The van der Waals surface area contributed by atoms with E-state index in [1.165, 1.54) is 58.9 Å². The lowest BCUT2D eigenvalue weighted by Gasteiger charge is -2.57. The number of ether oxygens (including phenoxy) is 3. The highest BCUT2D eigenvalue weighted by Crippen LogP contribution is 2.48. The highest BCUT2D eigenvalue weighted by Gasteiger charge is 2.77. The Labute approximate surface area is 389 Å². The van der Waals surface area contributed by atoms with E-state index in [1.807, 2.05) is 0 Å². The van der Waals surface area contributed by atoms with Gasteiger partial charge in [-0.3, -0.25) is 0 Å². The van der Waals surface area contributed by atoms with Crippen LogP contribution in [0.3, 0.4) is 0 Å². The lowest BCUT2D eigenvalue weighted by Crippen LogP contribution is -2.83. The summed E-state index contributed by atoms with van der Waals surface area (Å²) in [5.41, 5.74) is 0. The Bertz CT molecular complexity index is 1810. The number of esters is 3. The van der Waals surface area contributed by atoms with Gasteiger partial charge in [0, 0.05) is 95.3 Å². The molecule has 0 aromatic rings. The van der Waals surface area contributed by atoms with Crippen molar-refractivity contribution in [1.29, 1.82) is 0 Å². The van der Waals surface area contributed by atoms with E-state index in [0.717, 1.165) is 18.2 Å². The van der Waals surface area contributed by atoms with Crippen LogP contribution in [0.4, 0.5) is 0 Å². The Hall–Kier alpha value is -0.567. The number of carbonyl (C=O) groups is 3. The van der Waals surface area contributed by atoms with Crippen LogP contribution in [-0.4, -0.2) is 163 Å². The van der Waals surface area contributed by atoms with Crippen LogP contribution >= 0.6 is 0 Å². The number of hydrogen-bond donors (Lipinski definition) is 4. The van der Waals surface area contributed by atoms with Crippen LogP contribution < -0.4 is 0 Å². The molecule has 0 saturated carbocycles. The number of carbonyl (C=O) groups excluding carboxylic acids is 3. The van der Waals surface area contributed by atoms with Crippen LogP contribution in [0.15, 0.2) is 38.0 Å². The Morgan fingerprint density at radius 3 is 0.877 bits per heavy atom. The average Bonchev–Trinajstić information content (AvgIpc) is 3.07. The topological polar surface area (TPSA) is 308 Å². The van der Waals surface area contributed by atoms with Gasteiger partial charge in [-0.15, -0.1) is 0 Å². The van der Waals surface area contributed by atoms with E-state index in [4.69, 9.17) is 80.1 Å². The Morgan fingerprint density at radius 2 is 0.585 bits per heavy atom. The molecule has 5 heterocycles. The molecule has 5 aliphatic heterocycles. The van der Waals surface area contributed by atoms with Crippen molar-refractivity contribution < 1.29 is 114 Å². The van der Waals surface area contributed by atoms with Crippen molar-refractivity contribution in [2.45, 2.75) is 96.3 Å². The minimum absolute atomic E-state index is 0.0153. The van der Waals surface area contributed by atoms with Crippen LogP contribution in [0.25, 0.3) is 0 Å². The summed E-state index contributed by atoms with van der Waals surface area (Å²) >= 11 is 0. The summed E-state index contributed by atoms with van der Waals surface area (Å²) in [6.07, 6.45) is 2.88. The molecule has 8 bridgehead atoms. The standard InChI is InChI=1S/C27H58O26Si12/c1-13-25(28)35-19-16-22-63-43-57(7,34)39-56(6,33)42-60(10,47-63)48-65(24-18-21-37-27(30)15-3)50-61(11)45-58(8)40-54(4,31)38-55(5,32)41-59(9,44-58)46-64(49-61,52-62(12,51-63)53-65)23-17-20-36-26(29)14-2/h13-15,31-34H,1-3,16-24H2,4-12H3/t54-,55-,56?,57+,58-,59+,60+,61-,62+,63-,64+,65-/m0/s1. The lowest BCUT2D eigenvalue weighted by atomic mass is 10.5. The summed E-state index contributed by atoms with van der Waals surface area (Å²) in [5, 5.41) is 0. The first-order chi connectivity index (χ1) is 29.7. The minimum Gasteiger partial charge on any atom is -0.463 e. The van der Waals surface area contributed by atoms with E-state index in [0.29, 0.717) is 0 Å². The van der Waals surface area contributed by atoms with Gasteiger partial charge in [0.05, 0.1) is 19.8 Å². The maximum atomic E-state index is 12.2.